The molecule has 1 aromatic carbocycles. The zero-order chi connectivity index (χ0) is 17.9. The molecule has 3 heterocycles. The molecule has 0 saturated carbocycles. The van der Waals surface area contributed by atoms with E-state index in [9.17, 15) is 4.79 Å². The third-order valence-electron chi connectivity index (χ3n) is 4.18. The highest BCUT2D eigenvalue weighted by atomic mass is 32.1. The Morgan fingerprint density at radius 2 is 2.15 bits per heavy atom. The molecule has 0 radical (unpaired) electrons. The van der Waals surface area contributed by atoms with E-state index in [0.29, 0.717) is 0 Å². The van der Waals surface area contributed by atoms with Crippen molar-refractivity contribution >= 4 is 45.2 Å². The number of aryl methyl sites for hydroxylation is 1. The van der Waals surface area contributed by atoms with Crippen molar-refractivity contribution < 1.29 is 4.79 Å². The summed E-state index contributed by atoms with van der Waals surface area (Å²) in [6.45, 7) is 3.17. The predicted molar refractivity (Wildman–Crippen MR) is 110 cm³/mol. The van der Waals surface area contributed by atoms with E-state index in [4.69, 9.17) is 0 Å². The topological polar surface area (TPSA) is 46.9 Å². The molecule has 1 N–H and O–H groups in total. The second-order valence-corrected chi connectivity index (χ2v) is 7.80. The number of carbonyl (C=O) groups is 1. The minimum Gasteiger partial charge on any atom is -0.347 e. The monoisotopic (exact) mass is 381 g/mol. The molecule has 1 amide bonds. The number of hydrogen-bond acceptors (Lipinski definition) is 4. The van der Waals surface area contributed by atoms with Gasteiger partial charge in [-0.25, -0.2) is 4.98 Å². The zero-order valence-corrected chi connectivity index (χ0v) is 16.1. The Morgan fingerprint density at radius 3 is 2.96 bits per heavy atom. The van der Waals surface area contributed by atoms with Gasteiger partial charge in [-0.2, -0.15) is 11.3 Å². The molecule has 0 aliphatic carbocycles. The van der Waals surface area contributed by atoms with Crippen LogP contribution in [0.4, 0.5) is 5.69 Å². The number of amides is 1. The van der Waals surface area contributed by atoms with Crippen LogP contribution in [0.2, 0.25) is 0 Å². The van der Waals surface area contributed by atoms with Crippen molar-refractivity contribution in [1.29, 1.82) is 0 Å². The maximum atomic E-state index is 12.4. The van der Waals surface area contributed by atoms with Crippen molar-refractivity contribution in [2.75, 3.05) is 5.32 Å². The minimum atomic E-state index is -0.0421. The fraction of sp³-hybridized carbons (Fsp3) is 0.200. The summed E-state index contributed by atoms with van der Waals surface area (Å²) in [6.07, 6.45) is 3.49. The minimum absolute atomic E-state index is 0.0421. The number of nitrogens with one attached hydrogen (secondary N) is 1. The maximum absolute atomic E-state index is 12.4. The molecule has 4 nitrogen and oxygen atoms in total. The summed E-state index contributed by atoms with van der Waals surface area (Å²) < 4.78 is 2.24. The third-order valence-corrected chi connectivity index (χ3v) is 5.80. The van der Waals surface area contributed by atoms with E-state index in [0.717, 1.165) is 40.3 Å². The molecule has 26 heavy (non-hydrogen) atoms. The Hall–Kier alpha value is -2.44. The lowest BCUT2D eigenvalue weighted by atomic mass is 10.2. The number of anilines is 1. The van der Waals surface area contributed by atoms with Crippen molar-refractivity contribution in [2.24, 2.45) is 0 Å². The van der Waals surface area contributed by atoms with Crippen LogP contribution in [0.15, 0.2) is 52.7 Å². The number of carbonyl (C=O) groups excluding carboxylic acids is 1. The number of aromatic nitrogens is 2. The summed E-state index contributed by atoms with van der Waals surface area (Å²) in [7, 11) is 0. The van der Waals surface area contributed by atoms with E-state index in [1.54, 1.807) is 22.7 Å². The average Bonchev–Trinajstić information content (AvgIpc) is 3.35. The molecule has 0 spiro atoms. The largest absolute Gasteiger partial charge is 0.347 e. The first kappa shape index (κ1) is 17.0. The van der Waals surface area contributed by atoms with Crippen LogP contribution in [0, 0.1) is 0 Å². The quantitative estimate of drug-likeness (QED) is 0.485. The molecular weight excluding hydrogens is 362 g/mol. The van der Waals surface area contributed by atoms with Gasteiger partial charge in [0.1, 0.15) is 5.01 Å². The lowest BCUT2D eigenvalue weighted by Crippen LogP contribution is -2.14. The summed E-state index contributed by atoms with van der Waals surface area (Å²) in [4.78, 5) is 16.9. The summed E-state index contributed by atoms with van der Waals surface area (Å²) >= 11 is 3.23. The van der Waals surface area contributed by atoms with Crippen LogP contribution in [0.5, 0.6) is 0 Å². The number of benzene rings is 1. The first-order chi connectivity index (χ1) is 12.7. The standard InChI is InChI=1S/C20H19N3OS2/c1-2-7-23-8-5-14-10-16(3-4-18(14)23)21-19(24)11-17-13-26-20(22-17)15-6-9-25-12-15/h3-6,8-10,12-13H,2,7,11H2,1H3,(H,21,24). The van der Waals surface area contributed by atoms with Crippen molar-refractivity contribution in [1.82, 2.24) is 9.55 Å². The normalized spacial score (nSPS) is 11.1. The van der Waals surface area contributed by atoms with E-state index in [1.807, 2.05) is 29.0 Å². The molecule has 132 valence electrons. The number of thiophene rings is 1. The van der Waals surface area contributed by atoms with Gasteiger partial charge < -0.3 is 9.88 Å². The fourth-order valence-corrected chi connectivity index (χ4v) is 4.52. The third kappa shape index (κ3) is 3.57. The molecule has 4 aromatic rings. The molecule has 3 aromatic heterocycles. The SMILES string of the molecule is CCCn1ccc2cc(NC(=O)Cc3csc(-c4ccsc4)n3)ccc21. The number of rotatable bonds is 6. The summed E-state index contributed by atoms with van der Waals surface area (Å²) in [5, 5.41) is 11.2. The van der Waals surface area contributed by atoms with Gasteiger partial charge in [-0.1, -0.05) is 6.92 Å². The average molecular weight is 382 g/mol. The molecular formula is C20H19N3OS2. The van der Waals surface area contributed by atoms with Crippen LogP contribution in [0.1, 0.15) is 19.0 Å². The highest BCUT2D eigenvalue weighted by molar-refractivity contribution is 7.14. The molecule has 0 saturated heterocycles. The lowest BCUT2D eigenvalue weighted by Gasteiger charge is -2.06. The van der Waals surface area contributed by atoms with Crippen LogP contribution in [-0.2, 0) is 17.8 Å². The summed E-state index contributed by atoms with van der Waals surface area (Å²) in [5.41, 5.74) is 3.95. The van der Waals surface area contributed by atoms with Crippen LogP contribution in [0.25, 0.3) is 21.5 Å². The van der Waals surface area contributed by atoms with Gasteiger partial charge in [-0.05, 0) is 42.1 Å². The van der Waals surface area contributed by atoms with Gasteiger partial charge in [0.05, 0.1) is 12.1 Å². The zero-order valence-electron chi connectivity index (χ0n) is 14.4. The predicted octanol–water partition coefficient (Wildman–Crippen LogP) is 5.42. The van der Waals surface area contributed by atoms with Crippen molar-refractivity contribution in [3.63, 3.8) is 0 Å². The van der Waals surface area contributed by atoms with E-state index >= 15 is 0 Å². The fourth-order valence-electron chi connectivity index (χ4n) is 2.99. The molecule has 0 fully saturated rings. The Bertz CT molecular complexity index is 1030. The number of thiazole rings is 1. The summed E-state index contributed by atoms with van der Waals surface area (Å²) in [6, 6.07) is 10.2. The molecule has 0 bridgehead atoms. The molecule has 0 aliphatic rings. The molecule has 4 rings (SSSR count). The van der Waals surface area contributed by atoms with E-state index < -0.39 is 0 Å². The van der Waals surface area contributed by atoms with Crippen molar-refractivity contribution in [3.05, 3.63) is 58.4 Å². The Balaban J connectivity index is 1.44. The van der Waals surface area contributed by atoms with E-state index in [-0.39, 0.29) is 12.3 Å². The first-order valence-electron chi connectivity index (χ1n) is 8.58. The lowest BCUT2D eigenvalue weighted by molar-refractivity contribution is -0.115. The van der Waals surface area contributed by atoms with Crippen LogP contribution in [-0.4, -0.2) is 15.5 Å². The van der Waals surface area contributed by atoms with Crippen LogP contribution >= 0.6 is 22.7 Å². The Labute approximate surface area is 160 Å². The first-order valence-corrected chi connectivity index (χ1v) is 10.4. The smallest absolute Gasteiger partial charge is 0.230 e. The van der Waals surface area contributed by atoms with E-state index in [2.05, 4.69) is 45.5 Å². The maximum Gasteiger partial charge on any atom is 0.230 e. The number of nitrogens with zero attached hydrogens (tertiary/aromatic N) is 2. The van der Waals surface area contributed by atoms with Gasteiger partial charge in [-0.15, -0.1) is 11.3 Å². The highest BCUT2D eigenvalue weighted by Crippen LogP contribution is 2.26. The van der Waals surface area contributed by atoms with E-state index in [1.165, 1.54) is 5.52 Å². The molecule has 6 heteroatoms. The second-order valence-electron chi connectivity index (χ2n) is 6.16. The Kier molecular flexibility index (Phi) is 4.86. The van der Waals surface area contributed by atoms with Gasteiger partial charge in [-0.3, -0.25) is 4.79 Å². The second kappa shape index (κ2) is 7.43. The number of fused-ring (bicyclic) bond motifs is 1. The van der Waals surface area contributed by atoms with Crippen molar-refractivity contribution in [3.8, 4) is 10.6 Å². The molecule has 0 aliphatic heterocycles. The number of hydrogen-bond donors (Lipinski definition) is 1. The van der Waals surface area contributed by atoms with Crippen molar-refractivity contribution in [2.45, 2.75) is 26.3 Å². The highest BCUT2D eigenvalue weighted by Gasteiger charge is 2.10. The molecule has 0 atom stereocenters. The van der Waals surface area contributed by atoms with Gasteiger partial charge in [0.2, 0.25) is 5.91 Å². The van der Waals surface area contributed by atoms with Gasteiger partial charge in [0, 0.05) is 45.7 Å². The van der Waals surface area contributed by atoms with Crippen LogP contribution in [0.3, 0.4) is 0 Å². The molecule has 0 unspecified atom stereocenters. The van der Waals surface area contributed by atoms with Gasteiger partial charge in [0.25, 0.3) is 0 Å². The van der Waals surface area contributed by atoms with Gasteiger partial charge in [0.15, 0.2) is 0 Å². The Morgan fingerprint density at radius 1 is 1.23 bits per heavy atom. The van der Waals surface area contributed by atoms with Crippen LogP contribution < -0.4 is 5.32 Å². The van der Waals surface area contributed by atoms with Gasteiger partial charge >= 0.3 is 0 Å². The summed E-state index contributed by atoms with van der Waals surface area (Å²) in [5.74, 6) is -0.0421.